The number of likely N-dealkylation sites (tertiary alicyclic amines) is 1. The number of hydrogen-bond acceptors (Lipinski definition) is 4. The van der Waals surface area contributed by atoms with Crippen LogP contribution in [0.15, 0.2) is 18.2 Å². The normalized spacial score (nSPS) is 19.3. The maximum Gasteiger partial charge on any atom is 0.227 e. The predicted octanol–water partition coefficient (Wildman–Crippen LogP) is 2.77. The number of ether oxygens (including phenoxy) is 2. The Hall–Kier alpha value is -2.24. The molecule has 1 aromatic carbocycles. The Labute approximate surface area is 162 Å². The van der Waals surface area contributed by atoms with Crippen molar-refractivity contribution in [1.82, 2.24) is 9.80 Å². The highest BCUT2D eigenvalue weighted by molar-refractivity contribution is 5.83. The van der Waals surface area contributed by atoms with Crippen LogP contribution in [0.1, 0.15) is 38.7 Å². The molecule has 0 saturated carbocycles. The second-order valence-electron chi connectivity index (χ2n) is 7.57. The van der Waals surface area contributed by atoms with E-state index in [1.54, 1.807) is 26.2 Å². The zero-order valence-electron chi connectivity index (χ0n) is 17.3. The molecule has 1 heterocycles. The molecule has 2 amide bonds. The van der Waals surface area contributed by atoms with Crippen molar-refractivity contribution >= 4 is 11.8 Å². The van der Waals surface area contributed by atoms with Crippen molar-refractivity contribution in [2.24, 2.45) is 11.8 Å². The molecule has 2 rings (SSSR count). The summed E-state index contributed by atoms with van der Waals surface area (Å²) in [5, 5.41) is 0. The molecule has 2 atom stereocenters. The minimum Gasteiger partial charge on any atom is -0.497 e. The molecule has 2 unspecified atom stereocenters. The third-order valence-electron chi connectivity index (χ3n) is 5.26. The molecule has 1 aliphatic heterocycles. The summed E-state index contributed by atoms with van der Waals surface area (Å²) in [6.07, 6.45) is 0.493. The van der Waals surface area contributed by atoms with Crippen LogP contribution in [0, 0.1) is 11.8 Å². The maximum absolute atomic E-state index is 13.0. The minimum atomic E-state index is -0.285. The molecule has 1 fully saturated rings. The largest absolute Gasteiger partial charge is 0.497 e. The molecule has 0 spiro atoms. The summed E-state index contributed by atoms with van der Waals surface area (Å²) in [4.78, 5) is 29.2. The topological polar surface area (TPSA) is 59.1 Å². The molecular weight excluding hydrogens is 344 g/mol. The average molecular weight is 376 g/mol. The number of rotatable bonds is 7. The standard InChI is InChI=1S/C21H32N2O4/c1-7-22(4)21(25)18-13-23(20(24)10-14(2)3)12-17(18)16-11-15(26-5)8-9-19(16)27-6/h8-9,11,14,17-18H,7,10,12-13H2,1-6H3. The SMILES string of the molecule is CCN(C)C(=O)C1CN(C(=O)CC(C)C)CC1c1cc(OC)ccc1OC. The second kappa shape index (κ2) is 9.11. The van der Waals surface area contributed by atoms with Crippen molar-refractivity contribution in [2.45, 2.75) is 33.1 Å². The van der Waals surface area contributed by atoms with E-state index < -0.39 is 0 Å². The van der Waals surface area contributed by atoms with Crippen molar-refractivity contribution < 1.29 is 19.1 Å². The van der Waals surface area contributed by atoms with E-state index in [1.807, 2.05) is 43.9 Å². The van der Waals surface area contributed by atoms with Gasteiger partial charge in [-0.25, -0.2) is 0 Å². The number of carbonyl (C=O) groups excluding carboxylic acids is 2. The van der Waals surface area contributed by atoms with Gasteiger partial charge in [-0.15, -0.1) is 0 Å². The average Bonchev–Trinajstić information content (AvgIpc) is 3.10. The Morgan fingerprint density at radius 1 is 1.22 bits per heavy atom. The summed E-state index contributed by atoms with van der Waals surface area (Å²) in [5.41, 5.74) is 0.916. The summed E-state index contributed by atoms with van der Waals surface area (Å²) < 4.78 is 10.9. The van der Waals surface area contributed by atoms with Gasteiger partial charge in [-0.2, -0.15) is 0 Å². The first kappa shape index (κ1) is 21.1. The molecule has 0 N–H and O–H groups in total. The van der Waals surface area contributed by atoms with Crippen LogP contribution in [0.4, 0.5) is 0 Å². The molecule has 27 heavy (non-hydrogen) atoms. The van der Waals surface area contributed by atoms with Gasteiger partial charge in [-0.05, 0) is 31.0 Å². The van der Waals surface area contributed by atoms with Gasteiger partial charge in [0.1, 0.15) is 11.5 Å². The van der Waals surface area contributed by atoms with E-state index in [2.05, 4.69) is 0 Å². The fraction of sp³-hybridized carbons (Fsp3) is 0.619. The summed E-state index contributed by atoms with van der Waals surface area (Å²) in [6, 6.07) is 5.62. The van der Waals surface area contributed by atoms with E-state index in [1.165, 1.54) is 0 Å². The number of methoxy groups -OCH3 is 2. The minimum absolute atomic E-state index is 0.0622. The van der Waals surface area contributed by atoms with Crippen molar-refractivity contribution in [3.05, 3.63) is 23.8 Å². The Bertz CT molecular complexity index is 674. The molecule has 1 aliphatic rings. The number of carbonyl (C=O) groups is 2. The quantitative estimate of drug-likeness (QED) is 0.734. The van der Waals surface area contributed by atoms with E-state index in [0.29, 0.717) is 31.8 Å². The number of nitrogens with zero attached hydrogens (tertiary/aromatic N) is 2. The van der Waals surface area contributed by atoms with Crippen LogP contribution in [0.3, 0.4) is 0 Å². The Kier molecular flexibility index (Phi) is 7.11. The van der Waals surface area contributed by atoms with Crippen LogP contribution in [-0.4, -0.2) is 62.5 Å². The molecule has 1 saturated heterocycles. The van der Waals surface area contributed by atoms with Gasteiger partial charge in [0, 0.05) is 44.6 Å². The lowest BCUT2D eigenvalue weighted by atomic mass is 9.87. The molecule has 0 aliphatic carbocycles. The highest BCUT2D eigenvalue weighted by Crippen LogP contribution is 2.40. The lowest BCUT2D eigenvalue weighted by molar-refractivity contribution is -0.134. The number of amides is 2. The maximum atomic E-state index is 13.0. The van der Waals surface area contributed by atoms with Gasteiger partial charge in [0.15, 0.2) is 0 Å². The molecule has 0 aromatic heterocycles. The molecule has 0 radical (unpaired) electrons. The number of hydrogen-bond donors (Lipinski definition) is 0. The van der Waals surface area contributed by atoms with Gasteiger partial charge in [0.2, 0.25) is 11.8 Å². The Morgan fingerprint density at radius 3 is 2.48 bits per heavy atom. The third kappa shape index (κ3) is 4.73. The van der Waals surface area contributed by atoms with Crippen LogP contribution in [0.5, 0.6) is 11.5 Å². The van der Waals surface area contributed by atoms with Crippen LogP contribution >= 0.6 is 0 Å². The first-order valence-corrected chi connectivity index (χ1v) is 9.56. The fourth-order valence-electron chi connectivity index (χ4n) is 3.62. The Balaban J connectivity index is 2.40. The van der Waals surface area contributed by atoms with E-state index in [0.717, 1.165) is 11.3 Å². The van der Waals surface area contributed by atoms with Gasteiger partial charge in [0.25, 0.3) is 0 Å². The summed E-state index contributed by atoms with van der Waals surface area (Å²) >= 11 is 0. The molecule has 0 bridgehead atoms. The smallest absolute Gasteiger partial charge is 0.227 e. The van der Waals surface area contributed by atoms with Crippen molar-refractivity contribution in [1.29, 1.82) is 0 Å². The third-order valence-corrected chi connectivity index (χ3v) is 5.26. The molecule has 1 aromatic rings. The zero-order valence-corrected chi connectivity index (χ0v) is 17.3. The summed E-state index contributed by atoms with van der Waals surface area (Å²) in [5.74, 6) is 1.48. The molecule has 6 nitrogen and oxygen atoms in total. The van der Waals surface area contributed by atoms with E-state index >= 15 is 0 Å². The molecular formula is C21H32N2O4. The summed E-state index contributed by atoms with van der Waals surface area (Å²) in [7, 11) is 5.05. The van der Waals surface area contributed by atoms with Gasteiger partial charge in [-0.3, -0.25) is 9.59 Å². The van der Waals surface area contributed by atoms with Crippen molar-refractivity contribution in [3.63, 3.8) is 0 Å². The van der Waals surface area contributed by atoms with Crippen LogP contribution in [0.25, 0.3) is 0 Å². The van der Waals surface area contributed by atoms with Crippen molar-refractivity contribution in [3.8, 4) is 11.5 Å². The predicted molar refractivity (Wildman–Crippen MR) is 105 cm³/mol. The lowest BCUT2D eigenvalue weighted by Gasteiger charge is -2.24. The zero-order chi connectivity index (χ0) is 20.1. The molecule has 150 valence electrons. The summed E-state index contributed by atoms with van der Waals surface area (Å²) in [6.45, 7) is 7.61. The monoisotopic (exact) mass is 376 g/mol. The highest BCUT2D eigenvalue weighted by Gasteiger charge is 2.42. The van der Waals surface area contributed by atoms with E-state index in [4.69, 9.17) is 9.47 Å². The van der Waals surface area contributed by atoms with Gasteiger partial charge in [-0.1, -0.05) is 13.8 Å². The van der Waals surface area contributed by atoms with Gasteiger partial charge < -0.3 is 19.3 Å². The molecule has 6 heteroatoms. The van der Waals surface area contributed by atoms with E-state index in [9.17, 15) is 9.59 Å². The van der Waals surface area contributed by atoms with E-state index in [-0.39, 0.29) is 29.6 Å². The lowest BCUT2D eigenvalue weighted by Crippen LogP contribution is -2.37. The van der Waals surface area contributed by atoms with Gasteiger partial charge in [0.05, 0.1) is 20.1 Å². The van der Waals surface area contributed by atoms with Crippen LogP contribution in [-0.2, 0) is 9.59 Å². The first-order valence-electron chi connectivity index (χ1n) is 9.56. The first-order chi connectivity index (χ1) is 12.8. The fourth-order valence-corrected chi connectivity index (χ4v) is 3.62. The van der Waals surface area contributed by atoms with Gasteiger partial charge >= 0.3 is 0 Å². The second-order valence-corrected chi connectivity index (χ2v) is 7.57. The number of benzene rings is 1. The van der Waals surface area contributed by atoms with Crippen molar-refractivity contribution in [2.75, 3.05) is 40.9 Å². The van der Waals surface area contributed by atoms with Crippen LogP contribution < -0.4 is 9.47 Å². The highest BCUT2D eigenvalue weighted by atomic mass is 16.5. The Morgan fingerprint density at radius 2 is 1.93 bits per heavy atom. The van der Waals surface area contributed by atoms with Crippen LogP contribution in [0.2, 0.25) is 0 Å².